The maximum absolute atomic E-state index is 10.8. The average Bonchev–Trinajstić information content (AvgIpc) is 3.12. The van der Waals surface area contributed by atoms with E-state index in [0.717, 1.165) is 93.7 Å². The van der Waals surface area contributed by atoms with Crippen molar-refractivity contribution in [2.24, 2.45) is 35.0 Å². The van der Waals surface area contributed by atoms with Crippen molar-refractivity contribution in [1.82, 2.24) is 0 Å². The summed E-state index contributed by atoms with van der Waals surface area (Å²) in [7, 11) is 0. The molecule has 6 atom stereocenters. The van der Waals surface area contributed by atoms with E-state index in [1.807, 2.05) is 18.2 Å². The highest BCUT2D eigenvalue weighted by atomic mass is 35.5. The molecule has 282 valence electrons. The molecule has 0 radical (unpaired) electrons. The Balaban J connectivity index is 0.000000172. The molecular formula is C39H51Cl6N3O3. The van der Waals surface area contributed by atoms with Crippen molar-refractivity contribution in [2.75, 3.05) is 19.6 Å². The maximum Gasteiger partial charge on any atom is 0.0937 e. The minimum atomic E-state index is -0.846. The quantitative estimate of drug-likeness (QED) is 0.146. The van der Waals surface area contributed by atoms with Crippen molar-refractivity contribution < 1.29 is 15.3 Å². The topological polar surface area (TPSA) is 139 Å². The van der Waals surface area contributed by atoms with Gasteiger partial charge in [-0.25, -0.2) is 0 Å². The van der Waals surface area contributed by atoms with Crippen molar-refractivity contribution in [3.63, 3.8) is 0 Å². The number of aliphatic hydroxyl groups is 3. The summed E-state index contributed by atoms with van der Waals surface area (Å²) in [6.45, 7) is 1.49. The zero-order chi connectivity index (χ0) is 37.4. The first kappa shape index (κ1) is 42.9. The van der Waals surface area contributed by atoms with E-state index in [4.69, 9.17) is 86.8 Å². The SMILES string of the molecule is NCC1CCCCC1(O)c1ccc(Cl)c(Cl)c1.NC[C@@H]1CCCC[C@@]1(O)c1ccc(Cl)c(Cl)c1.NC[C@H]1CCCC[C@]1(O)c1ccc(Cl)c(Cl)c1. The second kappa shape index (κ2) is 19.2. The van der Waals surface area contributed by atoms with E-state index in [1.54, 1.807) is 36.4 Å². The summed E-state index contributed by atoms with van der Waals surface area (Å²) in [5.41, 5.74) is 17.3. The van der Waals surface area contributed by atoms with Gasteiger partial charge in [-0.3, -0.25) is 0 Å². The Morgan fingerprint density at radius 2 is 0.686 bits per heavy atom. The molecule has 0 bridgehead atoms. The Labute approximate surface area is 332 Å². The van der Waals surface area contributed by atoms with Crippen molar-refractivity contribution in [3.8, 4) is 0 Å². The number of rotatable bonds is 6. The fraction of sp³-hybridized carbons (Fsp3) is 0.538. The van der Waals surface area contributed by atoms with Gasteiger partial charge in [-0.1, -0.05) is 126 Å². The van der Waals surface area contributed by atoms with Crippen molar-refractivity contribution in [1.29, 1.82) is 0 Å². The van der Waals surface area contributed by atoms with Crippen LogP contribution >= 0.6 is 69.6 Å². The van der Waals surface area contributed by atoms with E-state index in [0.29, 0.717) is 49.8 Å². The van der Waals surface area contributed by atoms with E-state index >= 15 is 0 Å². The van der Waals surface area contributed by atoms with Gasteiger partial charge in [0.2, 0.25) is 0 Å². The van der Waals surface area contributed by atoms with Crippen LogP contribution in [0.5, 0.6) is 0 Å². The fourth-order valence-electron chi connectivity index (χ4n) is 8.06. The molecule has 3 fully saturated rings. The third-order valence-corrected chi connectivity index (χ3v) is 13.4. The lowest BCUT2D eigenvalue weighted by molar-refractivity contribution is -0.0508. The summed E-state index contributed by atoms with van der Waals surface area (Å²) < 4.78 is 0. The molecule has 3 aliphatic carbocycles. The molecule has 3 saturated carbocycles. The molecule has 3 aromatic carbocycles. The molecule has 0 amide bonds. The van der Waals surface area contributed by atoms with Gasteiger partial charge in [-0.2, -0.15) is 0 Å². The van der Waals surface area contributed by atoms with Crippen LogP contribution in [-0.4, -0.2) is 35.0 Å². The van der Waals surface area contributed by atoms with Gasteiger partial charge in [0.05, 0.1) is 46.9 Å². The van der Waals surface area contributed by atoms with Crippen molar-refractivity contribution >= 4 is 69.6 Å². The van der Waals surface area contributed by atoms with Crippen LogP contribution in [0.3, 0.4) is 0 Å². The minimum absolute atomic E-state index is 0.105. The molecule has 3 aliphatic rings. The van der Waals surface area contributed by atoms with E-state index in [2.05, 4.69) is 0 Å². The molecule has 0 saturated heterocycles. The van der Waals surface area contributed by atoms with Crippen LogP contribution in [0.2, 0.25) is 30.1 Å². The van der Waals surface area contributed by atoms with Crippen molar-refractivity contribution in [2.45, 2.75) is 93.9 Å². The first-order chi connectivity index (χ1) is 24.2. The minimum Gasteiger partial charge on any atom is -0.385 e. The third kappa shape index (κ3) is 10.1. The zero-order valence-corrected chi connectivity index (χ0v) is 33.4. The Morgan fingerprint density at radius 1 is 0.431 bits per heavy atom. The van der Waals surface area contributed by atoms with E-state index < -0.39 is 16.8 Å². The van der Waals surface area contributed by atoms with E-state index in [1.165, 1.54) is 0 Å². The van der Waals surface area contributed by atoms with Crippen LogP contribution in [0.4, 0.5) is 0 Å². The third-order valence-electron chi connectivity index (χ3n) is 11.2. The van der Waals surface area contributed by atoms with Crippen LogP contribution in [0.15, 0.2) is 54.6 Å². The smallest absolute Gasteiger partial charge is 0.0937 e. The van der Waals surface area contributed by atoms with Crippen LogP contribution in [0, 0.1) is 17.8 Å². The Morgan fingerprint density at radius 3 is 0.902 bits per heavy atom. The predicted octanol–water partition coefficient (Wildman–Crippen LogP) is 9.99. The number of hydrogen-bond donors (Lipinski definition) is 6. The Hall–Kier alpha value is -0.840. The first-order valence-corrected chi connectivity index (χ1v) is 20.1. The molecule has 3 aromatic rings. The number of hydrogen-bond acceptors (Lipinski definition) is 6. The molecule has 12 heteroatoms. The van der Waals surface area contributed by atoms with Gasteiger partial charge >= 0.3 is 0 Å². The van der Waals surface area contributed by atoms with Gasteiger partial charge in [0.1, 0.15) is 0 Å². The van der Waals surface area contributed by atoms with Gasteiger partial charge in [-0.05, 0) is 111 Å². The molecule has 6 rings (SSSR count). The summed E-state index contributed by atoms with van der Waals surface area (Å²) in [4.78, 5) is 0. The zero-order valence-electron chi connectivity index (χ0n) is 28.9. The lowest BCUT2D eigenvalue weighted by atomic mass is 9.71. The van der Waals surface area contributed by atoms with Crippen molar-refractivity contribution in [3.05, 3.63) is 101 Å². The molecule has 0 spiro atoms. The number of nitrogens with two attached hydrogens (primary N) is 3. The maximum atomic E-state index is 10.8. The van der Waals surface area contributed by atoms with Crippen LogP contribution < -0.4 is 17.2 Å². The second-order valence-electron chi connectivity index (χ2n) is 14.2. The summed E-state index contributed by atoms with van der Waals surface area (Å²) in [5.74, 6) is 0.315. The standard InChI is InChI=1S/3C13H17Cl2NO/c3*14-11-5-4-9(7-12(11)15)13(17)6-2-1-3-10(13)8-16/h3*4-5,7,10,17H,1-3,6,8,16H2/t2*10-,13+;/m10./s1. The van der Waals surface area contributed by atoms with Gasteiger partial charge < -0.3 is 32.5 Å². The molecule has 6 nitrogen and oxygen atoms in total. The molecule has 0 aliphatic heterocycles. The molecule has 2 unspecified atom stereocenters. The van der Waals surface area contributed by atoms with Gasteiger partial charge in [0.25, 0.3) is 0 Å². The molecule has 0 heterocycles. The first-order valence-electron chi connectivity index (χ1n) is 17.9. The second-order valence-corrected chi connectivity index (χ2v) is 16.6. The summed E-state index contributed by atoms with van der Waals surface area (Å²) in [6, 6.07) is 16.0. The highest BCUT2D eigenvalue weighted by molar-refractivity contribution is 6.43. The summed E-state index contributed by atoms with van der Waals surface area (Å²) >= 11 is 35.7. The number of halogens is 6. The molecular weight excluding hydrogens is 771 g/mol. The average molecular weight is 823 g/mol. The number of benzene rings is 3. The molecule has 0 aromatic heterocycles. The van der Waals surface area contributed by atoms with Gasteiger partial charge in [-0.15, -0.1) is 0 Å². The molecule has 9 N–H and O–H groups in total. The predicted molar refractivity (Wildman–Crippen MR) is 214 cm³/mol. The highest BCUT2D eigenvalue weighted by Gasteiger charge is 2.41. The highest BCUT2D eigenvalue weighted by Crippen LogP contribution is 2.45. The van der Waals surface area contributed by atoms with Gasteiger partial charge in [0.15, 0.2) is 0 Å². The lowest BCUT2D eigenvalue weighted by Crippen LogP contribution is -2.41. The fourth-order valence-corrected chi connectivity index (χ4v) is 8.95. The summed E-state index contributed by atoms with van der Waals surface area (Å²) in [6.07, 6.45) is 11.6. The largest absolute Gasteiger partial charge is 0.385 e. The monoisotopic (exact) mass is 819 g/mol. The normalized spacial score (nSPS) is 29.3. The van der Waals surface area contributed by atoms with E-state index in [-0.39, 0.29) is 17.8 Å². The van der Waals surface area contributed by atoms with Crippen LogP contribution in [-0.2, 0) is 16.8 Å². The van der Waals surface area contributed by atoms with Crippen LogP contribution in [0.1, 0.15) is 93.7 Å². The van der Waals surface area contributed by atoms with Crippen LogP contribution in [0.25, 0.3) is 0 Å². The Bertz CT molecular complexity index is 1420. The lowest BCUT2D eigenvalue weighted by Gasteiger charge is -2.40. The molecule has 51 heavy (non-hydrogen) atoms. The summed E-state index contributed by atoms with van der Waals surface area (Å²) in [5, 5.41) is 35.5. The van der Waals surface area contributed by atoms with Gasteiger partial charge in [0, 0.05) is 17.8 Å². The van der Waals surface area contributed by atoms with E-state index in [9.17, 15) is 15.3 Å². The Kier molecular flexibility index (Phi) is 16.1.